The van der Waals surface area contributed by atoms with E-state index in [1.165, 1.54) is 49.4 Å². The van der Waals surface area contributed by atoms with Gasteiger partial charge in [-0.1, -0.05) is 104 Å². The third kappa shape index (κ3) is 4.32. The van der Waals surface area contributed by atoms with E-state index in [4.69, 9.17) is 0 Å². The van der Waals surface area contributed by atoms with Gasteiger partial charge in [0.05, 0.1) is 0 Å². The van der Waals surface area contributed by atoms with Crippen LogP contribution >= 0.6 is 23.1 Å². The van der Waals surface area contributed by atoms with Crippen molar-refractivity contribution in [2.75, 3.05) is 0 Å². The predicted octanol–water partition coefficient (Wildman–Crippen LogP) is 8.24. The molecule has 0 saturated heterocycles. The second-order valence-electron chi connectivity index (χ2n) is 11.5. The zero-order valence-corrected chi connectivity index (χ0v) is 23.9. The lowest BCUT2D eigenvalue weighted by atomic mass is 9.69. The zero-order chi connectivity index (χ0) is 25.7. The van der Waals surface area contributed by atoms with Gasteiger partial charge in [0.1, 0.15) is 0 Å². The topological polar surface area (TPSA) is 0 Å². The monoisotopic (exact) mass is 530 g/mol. The van der Waals surface area contributed by atoms with Crippen molar-refractivity contribution in [1.82, 2.24) is 0 Å². The third-order valence-corrected chi connectivity index (χ3v) is 11.4. The van der Waals surface area contributed by atoms with Gasteiger partial charge in [0.25, 0.3) is 0 Å². The zero-order valence-electron chi connectivity index (χ0n) is 22.2. The number of benzene rings is 3. The molecule has 190 valence electrons. The molecule has 0 saturated carbocycles. The summed E-state index contributed by atoms with van der Waals surface area (Å²) in [6.45, 7) is 4.97. The Kier molecular flexibility index (Phi) is 6.21. The third-order valence-electron chi connectivity index (χ3n) is 8.78. The quantitative estimate of drug-likeness (QED) is 0.242. The van der Waals surface area contributed by atoms with Crippen molar-refractivity contribution in [2.45, 2.75) is 51.2 Å². The van der Waals surface area contributed by atoms with E-state index in [2.05, 4.69) is 123 Å². The van der Waals surface area contributed by atoms with Gasteiger partial charge in [-0.3, -0.25) is 0 Å². The summed E-state index contributed by atoms with van der Waals surface area (Å²) < 4.78 is 2.91. The molecule has 7 rings (SSSR count). The molecule has 1 aromatic heterocycles. The van der Waals surface area contributed by atoms with Crippen molar-refractivity contribution < 1.29 is 0 Å². The molecule has 0 bridgehead atoms. The first-order valence-electron chi connectivity index (χ1n) is 14.0. The van der Waals surface area contributed by atoms with Gasteiger partial charge < -0.3 is 0 Å². The molecule has 3 aliphatic rings. The van der Waals surface area contributed by atoms with Crippen molar-refractivity contribution in [3.8, 4) is 0 Å². The van der Waals surface area contributed by atoms with Gasteiger partial charge in [-0.05, 0) is 77.6 Å². The standard InChI is InChI=1S/C36H34S2/c1-24-19-28(16-14-26-11-7-4-8-12-26)21-32-35(24)36(2)23-33-30(22-34(36)38-32)29-18-17-27(20-31(29)37-33)15-13-25-9-5-3-6-10-25/h3-12,17-18,20-24,34H,13-16,19H2,1-2H3. The summed E-state index contributed by atoms with van der Waals surface area (Å²) >= 11 is 4.11. The Bertz CT molecular complexity index is 1690. The van der Waals surface area contributed by atoms with Crippen LogP contribution in [0.25, 0.3) is 22.2 Å². The fraction of sp³-hybridized carbons (Fsp3) is 0.278. The van der Waals surface area contributed by atoms with Crippen LogP contribution in [0.1, 0.15) is 43.4 Å². The maximum Gasteiger partial charge on any atom is 0.0410 e. The van der Waals surface area contributed by atoms with E-state index in [1.54, 1.807) is 16.1 Å². The minimum absolute atomic E-state index is 0.116. The lowest BCUT2D eigenvalue weighted by Crippen LogP contribution is -2.38. The molecule has 38 heavy (non-hydrogen) atoms. The van der Waals surface area contributed by atoms with Crippen molar-refractivity contribution in [3.05, 3.63) is 127 Å². The highest BCUT2D eigenvalue weighted by molar-refractivity contribution is 8.04. The normalized spacial score (nSPS) is 23.8. The van der Waals surface area contributed by atoms with Gasteiger partial charge in [0.15, 0.2) is 0 Å². The van der Waals surface area contributed by atoms with E-state index in [1.807, 2.05) is 11.3 Å². The van der Waals surface area contributed by atoms with Crippen LogP contribution in [0.5, 0.6) is 0 Å². The Labute approximate surface area is 234 Å². The molecular formula is C36H34S2. The molecule has 3 unspecified atom stereocenters. The van der Waals surface area contributed by atoms with Crippen LogP contribution in [-0.4, -0.2) is 5.25 Å². The molecule has 0 nitrogen and oxygen atoms in total. The first-order valence-corrected chi connectivity index (χ1v) is 15.7. The van der Waals surface area contributed by atoms with E-state index >= 15 is 0 Å². The van der Waals surface area contributed by atoms with Gasteiger partial charge in [-0.25, -0.2) is 0 Å². The van der Waals surface area contributed by atoms with E-state index < -0.39 is 0 Å². The number of allylic oxidation sites excluding steroid dienone is 3. The molecule has 2 heterocycles. The molecule has 0 amide bonds. The summed E-state index contributed by atoms with van der Waals surface area (Å²) in [5.74, 6) is 0.605. The molecule has 2 aliphatic carbocycles. The van der Waals surface area contributed by atoms with Crippen LogP contribution in [0.3, 0.4) is 0 Å². The molecule has 4 aromatic rings. The van der Waals surface area contributed by atoms with E-state index in [-0.39, 0.29) is 5.41 Å². The Morgan fingerprint density at radius 2 is 1.50 bits per heavy atom. The summed E-state index contributed by atoms with van der Waals surface area (Å²) in [6, 6.07) is 29.0. The summed E-state index contributed by atoms with van der Waals surface area (Å²) in [4.78, 5) is 1.55. The molecule has 0 radical (unpaired) electrons. The lowest BCUT2D eigenvalue weighted by Gasteiger charge is -2.35. The van der Waals surface area contributed by atoms with Crippen LogP contribution in [0, 0.1) is 11.3 Å². The number of thioether (sulfide) groups is 1. The average Bonchev–Trinajstić information content (AvgIpc) is 3.42. The number of rotatable bonds is 6. The molecular weight excluding hydrogens is 497 g/mol. The van der Waals surface area contributed by atoms with Gasteiger partial charge in [-0.15, -0.1) is 23.1 Å². The summed E-state index contributed by atoms with van der Waals surface area (Å²) in [5.41, 5.74) is 7.73. The molecule has 2 heteroatoms. The summed E-state index contributed by atoms with van der Waals surface area (Å²) in [7, 11) is 0. The second kappa shape index (κ2) is 9.74. The van der Waals surface area contributed by atoms with Gasteiger partial charge in [-0.2, -0.15) is 0 Å². The molecule has 1 aliphatic heterocycles. The average molecular weight is 531 g/mol. The maximum atomic E-state index is 2.63. The molecule has 3 atom stereocenters. The Morgan fingerprint density at radius 1 is 0.816 bits per heavy atom. The van der Waals surface area contributed by atoms with Crippen LogP contribution in [-0.2, 0) is 19.3 Å². The minimum atomic E-state index is 0.116. The second-order valence-corrected chi connectivity index (χ2v) is 13.8. The SMILES string of the molecule is CC1CC(CCc2ccccc2)=CC2=C1C1(C)C=c3sc4cc(CCc5ccccc5)ccc4c3=CC1S2. The number of thiophene rings is 1. The van der Waals surface area contributed by atoms with Crippen LogP contribution < -0.4 is 9.75 Å². The highest BCUT2D eigenvalue weighted by atomic mass is 32.2. The number of hydrogen-bond donors (Lipinski definition) is 0. The largest absolute Gasteiger partial charge is 0.135 e. The Hall–Kier alpha value is -2.81. The van der Waals surface area contributed by atoms with Gasteiger partial charge in [0.2, 0.25) is 0 Å². The maximum absolute atomic E-state index is 2.63. The fourth-order valence-corrected chi connectivity index (χ4v) is 9.86. The summed E-state index contributed by atoms with van der Waals surface area (Å²) in [6.07, 6.45) is 13.5. The van der Waals surface area contributed by atoms with Gasteiger partial charge >= 0.3 is 0 Å². The minimum Gasteiger partial charge on any atom is -0.135 e. The predicted molar refractivity (Wildman–Crippen MR) is 167 cm³/mol. The van der Waals surface area contributed by atoms with E-state index in [0.29, 0.717) is 11.2 Å². The molecule has 0 spiro atoms. The fourth-order valence-electron chi connectivity index (χ4n) is 6.83. The van der Waals surface area contributed by atoms with Crippen LogP contribution in [0.15, 0.2) is 101 Å². The lowest BCUT2D eigenvalue weighted by molar-refractivity contribution is 0.486. The first kappa shape index (κ1) is 24.2. The van der Waals surface area contributed by atoms with Crippen molar-refractivity contribution in [3.63, 3.8) is 0 Å². The molecule has 3 aromatic carbocycles. The Morgan fingerprint density at radius 3 is 2.24 bits per heavy atom. The Balaban J connectivity index is 1.17. The number of hydrogen-bond acceptors (Lipinski definition) is 2. The van der Waals surface area contributed by atoms with E-state index in [0.717, 1.165) is 19.3 Å². The number of fused-ring (bicyclic) bond motifs is 5. The van der Waals surface area contributed by atoms with Crippen LogP contribution in [0.4, 0.5) is 0 Å². The highest BCUT2D eigenvalue weighted by Crippen LogP contribution is 2.58. The highest BCUT2D eigenvalue weighted by Gasteiger charge is 2.47. The molecule has 0 fully saturated rings. The van der Waals surface area contributed by atoms with Crippen molar-refractivity contribution in [2.24, 2.45) is 11.3 Å². The van der Waals surface area contributed by atoms with Crippen molar-refractivity contribution in [1.29, 1.82) is 0 Å². The van der Waals surface area contributed by atoms with Crippen LogP contribution in [0.2, 0.25) is 0 Å². The van der Waals surface area contributed by atoms with E-state index in [9.17, 15) is 0 Å². The van der Waals surface area contributed by atoms with Crippen molar-refractivity contribution >= 4 is 45.3 Å². The smallest absolute Gasteiger partial charge is 0.0410 e. The van der Waals surface area contributed by atoms with Gasteiger partial charge in [0, 0.05) is 30.2 Å². The number of aryl methyl sites for hydroxylation is 3. The first-order chi connectivity index (χ1) is 18.6. The summed E-state index contributed by atoms with van der Waals surface area (Å²) in [5, 5.41) is 3.39. The molecule has 0 N–H and O–H groups in total.